The van der Waals surface area contributed by atoms with E-state index >= 15 is 0 Å². The van der Waals surface area contributed by atoms with Crippen LogP contribution in [0.1, 0.15) is 232 Å². The van der Waals surface area contributed by atoms with Gasteiger partial charge in [0.25, 0.3) is 7.82 Å². The molecule has 0 saturated heterocycles. The molecule has 0 aliphatic heterocycles. The van der Waals surface area contributed by atoms with E-state index in [1.54, 1.807) is 6.08 Å². The van der Waals surface area contributed by atoms with Crippen molar-refractivity contribution < 1.29 is 32.9 Å². The Bertz CT molecular complexity index is 1940. The first-order valence-corrected chi connectivity index (χ1v) is 34.0. The zero-order valence-electron chi connectivity index (χ0n) is 52.9. The maximum Gasteiger partial charge on any atom is 0.268 e. The van der Waals surface area contributed by atoms with E-state index in [4.69, 9.17) is 9.05 Å². The molecule has 82 heavy (non-hydrogen) atoms. The quantitative estimate of drug-likeness (QED) is 0.0272. The van der Waals surface area contributed by atoms with E-state index in [9.17, 15) is 19.4 Å². The SMILES string of the molecule is CC/C=C\C/C=C\C/C=C\C/C=C\C/C=C\C/C=C\C/C=C\C/C=C\C/C=C\C/C=C\C/C=C\CCCCCC(=O)NC(COP(=O)([O-])OCC[N+](C)(C)C)C(O)/C=C/CC/C=C/CC/C=C/CCCCCCCCCCCCCCC. The average Bonchev–Trinajstić information content (AvgIpc) is 3.47. The Labute approximate surface area is 504 Å². The van der Waals surface area contributed by atoms with Gasteiger partial charge in [-0.1, -0.05) is 267 Å². The molecule has 1 amide bonds. The number of allylic oxidation sites excluding steroid dienone is 27. The summed E-state index contributed by atoms with van der Waals surface area (Å²) in [5.41, 5.74) is 0. The lowest BCUT2D eigenvalue weighted by Crippen LogP contribution is -2.45. The van der Waals surface area contributed by atoms with Crippen LogP contribution in [-0.2, 0) is 18.4 Å². The second kappa shape index (κ2) is 61.4. The van der Waals surface area contributed by atoms with Crippen molar-refractivity contribution in [3.8, 4) is 0 Å². The molecule has 0 aromatic rings. The molecule has 2 N–H and O–H groups in total. The third kappa shape index (κ3) is 63.4. The second-order valence-corrected chi connectivity index (χ2v) is 23.8. The minimum atomic E-state index is -4.64. The zero-order chi connectivity index (χ0) is 59.8. The maximum atomic E-state index is 13.0. The summed E-state index contributed by atoms with van der Waals surface area (Å²) in [6, 6.07) is -0.943. The van der Waals surface area contributed by atoms with Crippen LogP contribution in [0, 0.1) is 0 Å². The molecular formula is C73H121N2O6P. The van der Waals surface area contributed by atoms with E-state index < -0.39 is 26.6 Å². The molecule has 9 heteroatoms. The first kappa shape index (κ1) is 77.9. The van der Waals surface area contributed by atoms with Crippen molar-refractivity contribution in [2.24, 2.45) is 0 Å². The molecule has 0 aromatic carbocycles. The van der Waals surface area contributed by atoms with Crippen LogP contribution >= 0.6 is 7.82 Å². The molecule has 0 rings (SSSR count). The van der Waals surface area contributed by atoms with E-state index in [0.29, 0.717) is 23.9 Å². The number of phosphoric acid groups is 1. The van der Waals surface area contributed by atoms with Crippen molar-refractivity contribution in [3.63, 3.8) is 0 Å². The largest absolute Gasteiger partial charge is 0.756 e. The van der Waals surface area contributed by atoms with Gasteiger partial charge in [0.2, 0.25) is 5.91 Å². The molecular weight excluding hydrogens is 1030 g/mol. The van der Waals surface area contributed by atoms with Crippen molar-refractivity contribution >= 4 is 13.7 Å². The number of rotatable bonds is 57. The van der Waals surface area contributed by atoms with Crippen molar-refractivity contribution in [2.75, 3.05) is 40.9 Å². The molecule has 0 spiro atoms. The molecule has 0 radical (unpaired) electrons. The van der Waals surface area contributed by atoms with Crippen LogP contribution in [0.4, 0.5) is 0 Å². The lowest BCUT2D eigenvalue weighted by molar-refractivity contribution is -0.870. The second-order valence-electron chi connectivity index (χ2n) is 22.4. The highest BCUT2D eigenvalue weighted by Crippen LogP contribution is 2.38. The summed E-state index contributed by atoms with van der Waals surface area (Å²) in [4.78, 5) is 25.6. The summed E-state index contributed by atoms with van der Waals surface area (Å²) in [6.45, 7) is 4.47. The predicted octanol–water partition coefficient (Wildman–Crippen LogP) is 20.1. The minimum Gasteiger partial charge on any atom is -0.756 e. The van der Waals surface area contributed by atoms with Crippen LogP contribution < -0.4 is 10.2 Å². The highest BCUT2D eigenvalue weighted by molar-refractivity contribution is 7.45. The van der Waals surface area contributed by atoms with E-state index in [1.807, 2.05) is 27.2 Å². The highest BCUT2D eigenvalue weighted by Gasteiger charge is 2.23. The predicted molar refractivity (Wildman–Crippen MR) is 357 cm³/mol. The van der Waals surface area contributed by atoms with Gasteiger partial charge in [-0.3, -0.25) is 9.36 Å². The number of nitrogens with one attached hydrogen (secondary N) is 1. The Morgan fingerprint density at radius 1 is 0.439 bits per heavy atom. The Kier molecular flexibility index (Phi) is 58.3. The van der Waals surface area contributed by atoms with Crippen molar-refractivity contribution in [2.45, 2.75) is 244 Å². The number of phosphoric ester groups is 1. The van der Waals surface area contributed by atoms with Crippen molar-refractivity contribution in [1.29, 1.82) is 0 Å². The van der Waals surface area contributed by atoms with E-state index in [-0.39, 0.29) is 18.9 Å². The van der Waals surface area contributed by atoms with E-state index in [1.165, 1.54) is 89.9 Å². The topological polar surface area (TPSA) is 108 Å². The standard InChI is InChI=1S/C73H121N2O6P/c1-6-8-10-12-14-16-18-20-22-24-26-28-30-31-32-33-34-35-36-37-38-39-40-41-42-43-45-47-49-51-53-55-57-59-61-63-65-67-73(77)74-71(70-81-82(78,79)80-69-68-75(3,4)5)72(76)66-64-62-60-58-56-54-52-50-48-46-44-29-27-25-23-21-19-17-15-13-11-9-7-2/h8,10,14,16,20,22,26,28,31-32,34-35,37-38,40-41,43,45,48-51,55-58,64,66,71-72,76H,6-7,9,11-13,15,17-19,21,23-25,27,29-30,33,36,39,42,44,46-47,52-54,59-63,65,67-70H2,1-5H3,(H-,74,77,78,79)/b10-8-,16-14-,22-20-,28-26-,32-31-,35-34-,38-37-,41-40-,45-43-,50-48+,51-49-,57-55-,58-56+,66-64+. The number of likely N-dealkylation sites (N-methyl/N-ethyl adjacent to an activating group) is 1. The molecule has 0 aromatic heterocycles. The molecule has 3 atom stereocenters. The molecule has 0 aliphatic rings. The highest BCUT2D eigenvalue weighted by atomic mass is 31.2. The van der Waals surface area contributed by atoms with Crippen molar-refractivity contribution in [1.82, 2.24) is 5.32 Å². The van der Waals surface area contributed by atoms with Crippen LogP contribution in [-0.4, -0.2) is 68.5 Å². The summed E-state index contributed by atoms with van der Waals surface area (Å²) < 4.78 is 23.3. The number of nitrogens with zero attached hydrogens (tertiary/aromatic N) is 1. The number of quaternary nitrogens is 1. The van der Waals surface area contributed by atoms with Gasteiger partial charge in [-0.2, -0.15) is 0 Å². The number of aliphatic hydroxyl groups is 1. The number of carbonyl (C=O) groups excluding carboxylic acids is 1. The van der Waals surface area contributed by atoms with Crippen LogP contribution in [0.3, 0.4) is 0 Å². The summed E-state index contributed by atoms with van der Waals surface area (Å²) in [5, 5.41) is 13.9. The lowest BCUT2D eigenvalue weighted by atomic mass is 10.0. The third-order valence-corrected chi connectivity index (χ3v) is 14.4. The summed E-state index contributed by atoms with van der Waals surface area (Å²) in [6.07, 6.45) is 97.4. The number of amides is 1. The fourth-order valence-corrected chi connectivity index (χ4v) is 9.09. The van der Waals surface area contributed by atoms with Crippen LogP contribution in [0.5, 0.6) is 0 Å². The molecule has 464 valence electrons. The number of aliphatic hydroxyl groups excluding tert-OH is 1. The first-order valence-electron chi connectivity index (χ1n) is 32.5. The molecule has 3 unspecified atom stereocenters. The Hall–Kier alpha value is -4.14. The summed E-state index contributed by atoms with van der Waals surface area (Å²) >= 11 is 0. The maximum absolute atomic E-state index is 13.0. The summed E-state index contributed by atoms with van der Waals surface area (Å²) in [5.74, 6) is -0.250. The van der Waals surface area contributed by atoms with Gasteiger partial charge in [0.1, 0.15) is 13.2 Å². The molecule has 8 nitrogen and oxygen atoms in total. The fourth-order valence-electron chi connectivity index (χ4n) is 8.37. The average molecular weight is 1150 g/mol. The Morgan fingerprint density at radius 3 is 1.13 bits per heavy atom. The van der Waals surface area contributed by atoms with Gasteiger partial charge in [-0.05, 0) is 128 Å². The van der Waals surface area contributed by atoms with Gasteiger partial charge in [0.15, 0.2) is 0 Å². The molecule has 0 aliphatic carbocycles. The fraction of sp³-hybridized carbons (Fsp3) is 0.603. The molecule has 0 bridgehead atoms. The molecule has 0 saturated carbocycles. The first-order chi connectivity index (χ1) is 40.0. The molecule has 0 fully saturated rings. The lowest BCUT2D eigenvalue weighted by Gasteiger charge is -2.29. The van der Waals surface area contributed by atoms with Gasteiger partial charge in [0, 0.05) is 6.42 Å². The van der Waals surface area contributed by atoms with Crippen molar-refractivity contribution in [3.05, 3.63) is 170 Å². The molecule has 0 heterocycles. The third-order valence-electron chi connectivity index (χ3n) is 13.4. The number of unbranched alkanes of at least 4 members (excludes halogenated alkanes) is 18. The number of carbonyl (C=O) groups is 1. The smallest absolute Gasteiger partial charge is 0.268 e. The number of hydrogen-bond donors (Lipinski definition) is 2. The van der Waals surface area contributed by atoms with Gasteiger partial charge >= 0.3 is 0 Å². The van der Waals surface area contributed by atoms with Crippen LogP contribution in [0.2, 0.25) is 0 Å². The normalized spacial score (nSPS) is 14.9. The monoisotopic (exact) mass is 1150 g/mol. The van der Waals surface area contributed by atoms with Gasteiger partial charge in [-0.25, -0.2) is 0 Å². The minimum absolute atomic E-state index is 0.0254. The Balaban J connectivity index is 4.33. The number of hydrogen-bond acceptors (Lipinski definition) is 6. The zero-order valence-corrected chi connectivity index (χ0v) is 53.8. The van der Waals surface area contributed by atoms with Crippen LogP contribution in [0.25, 0.3) is 0 Å². The van der Waals surface area contributed by atoms with Crippen LogP contribution in [0.15, 0.2) is 170 Å². The van der Waals surface area contributed by atoms with E-state index in [0.717, 1.165) is 109 Å². The van der Waals surface area contributed by atoms with E-state index in [2.05, 4.69) is 177 Å². The summed E-state index contributed by atoms with van der Waals surface area (Å²) in [7, 11) is 1.19. The Morgan fingerprint density at radius 2 is 0.756 bits per heavy atom. The van der Waals surface area contributed by atoms with Gasteiger partial charge in [0.05, 0.1) is 39.9 Å². The van der Waals surface area contributed by atoms with Gasteiger partial charge in [-0.15, -0.1) is 0 Å². The van der Waals surface area contributed by atoms with Gasteiger partial charge < -0.3 is 28.8 Å².